The van der Waals surface area contributed by atoms with Gasteiger partial charge in [0.1, 0.15) is 11.5 Å². The number of carbonyl (C=O) groups is 1. The van der Waals surface area contributed by atoms with Crippen LogP contribution in [0.15, 0.2) is 88.8 Å². The van der Waals surface area contributed by atoms with Crippen molar-refractivity contribution in [2.75, 3.05) is 0 Å². The maximum atomic E-state index is 12.1. The van der Waals surface area contributed by atoms with Gasteiger partial charge in [-0.25, -0.2) is 4.79 Å². The minimum atomic E-state index is -0.714. The van der Waals surface area contributed by atoms with E-state index in [0.29, 0.717) is 17.9 Å². The van der Waals surface area contributed by atoms with Crippen LogP contribution < -0.4 is 4.74 Å². The molecule has 3 nitrogen and oxygen atoms in total. The van der Waals surface area contributed by atoms with E-state index < -0.39 is 6.16 Å². The summed E-state index contributed by atoms with van der Waals surface area (Å²) in [5.41, 5.74) is 7.40. The van der Waals surface area contributed by atoms with E-state index in [0.717, 1.165) is 17.6 Å². The van der Waals surface area contributed by atoms with Gasteiger partial charge in [0.05, 0.1) is 0 Å². The standard InChI is InChI=1S/C25H26O3/c1-17(2)20-7-5-9-22(15-20)19-11-13-23(14-12-19)27-25(26)28-24-10-6-8-21(16-24)18(3)4/h5-14H,15-16H2,1-4H3. The number of rotatable bonds is 3. The molecule has 0 aliphatic heterocycles. The van der Waals surface area contributed by atoms with E-state index in [1.165, 1.54) is 22.3 Å². The third-order valence-corrected chi connectivity index (χ3v) is 4.85. The molecule has 0 amide bonds. The molecule has 0 heterocycles. The summed E-state index contributed by atoms with van der Waals surface area (Å²) >= 11 is 0. The average molecular weight is 374 g/mol. The Morgan fingerprint density at radius 1 is 0.786 bits per heavy atom. The van der Waals surface area contributed by atoms with Crippen LogP contribution in [-0.2, 0) is 4.74 Å². The lowest BCUT2D eigenvalue weighted by molar-refractivity contribution is 0.124. The van der Waals surface area contributed by atoms with Crippen molar-refractivity contribution in [3.63, 3.8) is 0 Å². The molecule has 2 aliphatic carbocycles. The monoisotopic (exact) mass is 374 g/mol. The number of ether oxygens (including phenoxy) is 2. The van der Waals surface area contributed by atoms with E-state index in [2.05, 4.69) is 32.1 Å². The molecule has 0 radical (unpaired) electrons. The van der Waals surface area contributed by atoms with Gasteiger partial charge in [-0.15, -0.1) is 0 Å². The lowest BCUT2D eigenvalue weighted by atomic mass is 9.92. The topological polar surface area (TPSA) is 35.5 Å². The van der Waals surface area contributed by atoms with Gasteiger partial charge in [-0.05, 0) is 74.6 Å². The van der Waals surface area contributed by atoms with Gasteiger partial charge in [0.25, 0.3) is 0 Å². The molecular weight excluding hydrogens is 348 g/mol. The Balaban J connectivity index is 1.61. The summed E-state index contributed by atoms with van der Waals surface area (Å²) in [5, 5.41) is 0. The quantitative estimate of drug-likeness (QED) is 0.419. The smallest absolute Gasteiger partial charge is 0.399 e. The highest BCUT2D eigenvalue weighted by Gasteiger charge is 2.14. The fourth-order valence-electron chi connectivity index (χ4n) is 3.10. The Bertz CT molecular complexity index is 940. The van der Waals surface area contributed by atoms with Crippen LogP contribution in [0.4, 0.5) is 4.79 Å². The predicted octanol–water partition coefficient (Wildman–Crippen LogP) is 7.06. The van der Waals surface area contributed by atoms with Gasteiger partial charge in [-0.3, -0.25) is 0 Å². The molecule has 1 aromatic rings. The van der Waals surface area contributed by atoms with E-state index in [-0.39, 0.29) is 0 Å². The molecule has 0 atom stereocenters. The molecule has 0 N–H and O–H groups in total. The summed E-state index contributed by atoms with van der Waals surface area (Å²) in [4.78, 5) is 12.1. The van der Waals surface area contributed by atoms with Crippen LogP contribution in [0.3, 0.4) is 0 Å². The molecule has 2 aliphatic rings. The van der Waals surface area contributed by atoms with Crippen LogP contribution in [0.25, 0.3) is 5.57 Å². The van der Waals surface area contributed by atoms with Crippen LogP contribution in [0.5, 0.6) is 5.75 Å². The molecule has 0 saturated heterocycles. The third-order valence-electron chi connectivity index (χ3n) is 4.85. The van der Waals surface area contributed by atoms with Crippen LogP contribution in [0, 0.1) is 0 Å². The zero-order chi connectivity index (χ0) is 20.1. The predicted molar refractivity (Wildman–Crippen MR) is 114 cm³/mol. The first-order valence-corrected chi connectivity index (χ1v) is 9.49. The van der Waals surface area contributed by atoms with Gasteiger partial charge >= 0.3 is 6.16 Å². The lowest BCUT2D eigenvalue weighted by Crippen LogP contribution is -2.11. The molecule has 0 unspecified atom stereocenters. The molecule has 3 heteroatoms. The first-order chi connectivity index (χ1) is 13.4. The first kappa shape index (κ1) is 19.7. The molecule has 28 heavy (non-hydrogen) atoms. The highest BCUT2D eigenvalue weighted by molar-refractivity contribution is 5.73. The number of hydrogen-bond acceptors (Lipinski definition) is 3. The van der Waals surface area contributed by atoms with Crippen LogP contribution in [-0.4, -0.2) is 6.16 Å². The fourth-order valence-corrected chi connectivity index (χ4v) is 3.10. The minimum absolute atomic E-state index is 0.470. The second kappa shape index (κ2) is 8.75. The second-order valence-corrected chi connectivity index (χ2v) is 7.43. The van der Waals surface area contributed by atoms with Crippen molar-refractivity contribution in [1.29, 1.82) is 0 Å². The Labute approximate surface area is 167 Å². The molecule has 0 saturated carbocycles. The van der Waals surface area contributed by atoms with Crippen LogP contribution in [0.2, 0.25) is 0 Å². The molecular formula is C25H26O3. The molecule has 0 fully saturated rings. The van der Waals surface area contributed by atoms with Gasteiger partial charge in [-0.1, -0.05) is 53.7 Å². The van der Waals surface area contributed by atoms with E-state index in [1.807, 2.05) is 38.1 Å². The van der Waals surface area contributed by atoms with Gasteiger partial charge in [0.15, 0.2) is 0 Å². The molecule has 144 valence electrons. The Kier molecular flexibility index (Phi) is 6.15. The van der Waals surface area contributed by atoms with Crippen molar-refractivity contribution in [2.24, 2.45) is 0 Å². The highest BCUT2D eigenvalue weighted by atomic mass is 16.7. The van der Waals surface area contributed by atoms with E-state index >= 15 is 0 Å². The van der Waals surface area contributed by atoms with Gasteiger partial charge in [-0.2, -0.15) is 0 Å². The molecule has 3 rings (SSSR count). The van der Waals surface area contributed by atoms with Gasteiger partial charge in [0, 0.05) is 6.42 Å². The van der Waals surface area contributed by atoms with Crippen molar-refractivity contribution in [1.82, 2.24) is 0 Å². The number of benzene rings is 1. The van der Waals surface area contributed by atoms with Crippen LogP contribution in [0.1, 0.15) is 46.1 Å². The minimum Gasteiger partial charge on any atom is -0.399 e. The van der Waals surface area contributed by atoms with E-state index in [9.17, 15) is 4.79 Å². The van der Waals surface area contributed by atoms with Gasteiger partial charge in [0.2, 0.25) is 0 Å². The number of allylic oxidation sites excluding steroid dienone is 11. The Morgan fingerprint density at radius 2 is 1.39 bits per heavy atom. The summed E-state index contributed by atoms with van der Waals surface area (Å²) in [6.45, 7) is 8.34. The Hall–Kier alpha value is -3.07. The zero-order valence-corrected chi connectivity index (χ0v) is 16.9. The molecule has 0 bridgehead atoms. The van der Waals surface area contributed by atoms with Crippen molar-refractivity contribution >= 4 is 11.7 Å². The maximum Gasteiger partial charge on any atom is 0.519 e. The van der Waals surface area contributed by atoms with Crippen LogP contribution >= 0.6 is 0 Å². The summed E-state index contributed by atoms with van der Waals surface area (Å²) in [5.74, 6) is 1.06. The highest BCUT2D eigenvalue weighted by Crippen LogP contribution is 2.29. The normalized spacial score (nSPS) is 15.7. The SMILES string of the molecule is CC(C)=C1C=CC=C(OC(=O)Oc2ccc(C3=CC=CC(=C(C)C)C3)cc2)C1. The van der Waals surface area contributed by atoms with Crippen molar-refractivity contribution in [2.45, 2.75) is 40.5 Å². The summed E-state index contributed by atoms with van der Waals surface area (Å²) in [6.07, 6.45) is 12.9. The second-order valence-electron chi connectivity index (χ2n) is 7.43. The summed E-state index contributed by atoms with van der Waals surface area (Å²) in [7, 11) is 0. The maximum absolute atomic E-state index is 12.1. The summed E-state index contributed by atoms with van der Waals surface area (Å²) in [6, 6.07) is 7.55. The Morgan fingerprint density at radius 3 is 2.04 bits per heavy atom. The molecule has 0 spiro atoms. The number of hydrogen-bond donors (Lipinski definition) is 0. The third kappa shape index (κ3) is 5.01. The van der Waals surface area contributed by atoms with Crippen molar-refractivity contribution in [3.05, 3.63) is 94.3 Å². The number of carbonyl (C=O) groups excluding carboxylic acids is 1. The molecule has 1 aromatic carbocycles. The largest absolute Gasteiger partial charge is 0.519 e. The zero-order valence-electron chi connectivity index (χ0n) is 16.9. The lowest BCUT2D eigenvalue weighted by Gasteiger charge is -2.15. The fraction of sp³-hybridized carbons (Fsp3) is 0.240. The van der Waals surface area contributed by atoms with E-state index in [4.69, 9.17) is 9.47 Å². The first-order valence-electron chi connectivity index (χ1n) is 9.49. The van der Waals surface area contributed by atoms with Crippen molar-refractivity contribution in [3.8, 4) is 5.75 Å². The van der Waals surface area contributed by atoms with Crippen molar-refractivity contribution < 1.29 is 14.3 Å². The summed E-state index contributed by atoms with van der Waals surface area (Å²) < 4.78 is 10.7. The average Bonchev–Trinajstić information content (AvgIpc) is 2.68. The molecule has 0 aromatic heterocycles. The van der Waals surface area contributed by atoms with E-state index in [1.54, 1.807) is 18.2 Å². The van der Waals surface area contributed by atoms with Gasteiger partial charge < -0.3 is 9.47 Å².